The predicted octanol–water partition coefficient (Wildman–Crippen LogP) is 3.24. The van der Waals surface area contributed by atoms with Crippen molar-refractivity contribution in [3.8, 4) is 0 Å². The van der Waals surface area contributed by atoms with E-state index in [4.69, 9.17) is 0 Å². The quantitative estimate of drug-likeness (QED) is 0.629. The fourth-order valence-corrected chi connectivity index (χ4v) is 2.55. The van der Waals surface area contributed by atoms with E-state index in [1.54, 1.807) is 11.0 Å². The van der Waals surface area contributed by atoms with Gasteiger partial charge in [-0.25, -0.2) is 4.98 Å². The Balaban J connectivity index is 2.00. The van der Waals surface area contributed by atoms with Crippen LogP contribution >= 0.6 is 11.8 Å². The van der Waals surface area contributed by atoms with E-state index in [-0.39, 0.29) is 11.7 Å². The summed E-state index contributed by atoms with van der Waals surface area (Å²) in [6.45, 7) is 8.29. The molecule has 6 heteroatoms. The highest BCUT2D eigenvalue weighted by atomic mass is 32.2. The molecule has 0 radical (unpaired) electrons. The highest BCUT2D eigenvalue weighted by Crippen LogP contribution is 2.19. The molecule has 0 bridgehead atoms. The van der Waals surface area contributed by atoms with Gasteiger partial charge in [0.25, 0.3) is 0 Å². The summed E-state index contributed by atoms with van der Waals surface area (Å²) in [5, 5.41) is 7.62. The molecule has 0 aliphatic carbocycles. The van der Waals surface area contributed by atoms with Gasteiger partial charge in [-0.2, -0.15) is 0 Å². The Morgan fingerprint density at radius 1 is 1.41 bits per heavy atom. The number of benzene rings is 1. The van der Waals surface area contributed by atoms with Crippen LogP contribution in [0.4, 0.5) is 5.69 Å². The first-order chi connectivity index (χ1) is 10.6. The van der Waals surface area contributed by atoms with Crippen LogP contribution in [0.25, 0.3) is 0 Å². The van der Waals surface area contributed by atoms with Gasteiger partial charge in [0.05, 0.1) is 5.75 Å². The van der Waals surface area contributed by atoms with Crippen molar-refractivity contribution in [2.45, 2.75) is 24.9 Å². The van der Waals surface area contributed by atoms with Gasteiger partial charge in [-0.05, 0) is 12.1 Å². The fourth-order valence-electron chi connectivity index (χ4n) is 1.87. The van der Waals surface area contributed by atoms with Crippen molar-refractivity contribution in [3.63, 3.8) is 0 Å². The summed E-state index contributed by atoms with van der Waals surface area (Å²) in [7, 11) is 0. The lowest BCUT2D eigenvalue weighted by Gasteiger charge is -2.20. The number of aromatic amines is 1. The maximum absolute atomic E-state index is 12.4. The van der Waals surface area contributed by atoms with Crippen molar-refractivity contribution in [2.24, 2.45) is 0 Å². The molecule has 0 atom stereocenters. The summed E-state index contributed by atoms with van der Waals surface area (Å²) in [6, 6.07) is 9.58. The van der Waals surface area contributed by atoms with Crippen LogP contribution in [-0.2, 0) is 4.79 Å². The molecule has 0 fully saturated rings. The lowest BCUT2D eigenvalue weighted by Crippen LogP contribution is -2.32. The minimum Gasteiger partial charge on any atom is -0.308 e. The molecular formula is C16H20N4OS. The summed E-state index contributed by atoms with van der Waals surface area (Å²) in [4.78, 5) is 18.5. The van der Waals surface area contributed by atoms with Gasteiger partial charge in [0.1, 0.15) is 5.82 Å². The van der Waals surface area contributed by atoms with Gasteiger partial charge in [0.15, 0.2) is 0 Å². The average Bonchev–Trinajstić information content (AvgIpc) is 3.00. The zero-order valence-corrected chi connectivity index (χ0v) is 13.6. The molecule has 116 valence electrons. The number of para-hydroxylation sites is 1. The van der Waals surface area contributed by atoms with Crippen LogP contribution in [0.15, 0.2) is 48.1 Å². The number of carbonyl (C=O) groups excluding carboxylic acids is 1. The highest BCUT2D eigenvalue weighted by molar-refractivity contribution is 7.99. The number of hydrogen-bond donors (Lipinski definition) is 1. The number of anilines is 1. The highest BCUT2D eigenvalue weighted by Gasteiger charge is 2.16. The van der Waals surface area contributed by atoms with Crippen LogP contribution in [0.2, 0.25) is 0 Å². The Kier molecular flexibility index (Phi) is 5.77. The smallest absolute Gasteiger partial charge is 0.237 e. The molecule has 0 aliphatic rings. The molecule has 1 amide bonds. The summed E-state index contributed by atoms with van der Waals surface area (Å²) in [6.07, 6.45) is 1.72. The van der Waals surface area contributed by atoms with Crippen LogP contribution in [0.3, 0.4) is 0 Å². The molecule has 0 aliphatic heterocycles. The first-order valence-corrected chi connectivity index (χ1v) is 8.11. The SMILES string of the molecule is C=CCN(C(=O)CSc1n[nH]c(C(C)C)n1)c1ccccc1. The molecule has 0 unspecified atom stereocenters. The predicted molar refractivity (Wildman–Crippen MR) is 90.2 cm³/mol. The number of H-pyrrole nitrogens is 1. The minimum absolute atomic E-state index is 0.00648. The fraction of sp³-hybridized carbons (Fsp3) is 0.312. The maximum Gasteiger partial charge on any atom is 0.237 e. The lowest BCUT2D eigenvalue weighted by molar-refractivity contribution is -0.116. The molecule has 1 N–H and O–H groups in total. The minimum atomic E-state index is 0.00648. The molecule has 1 heterocycles. The van der Waals surface area contributed by atoms with Crippen molar-refractivity contribution >= 4 is 23.4 Å². The molecule has 2 aromatic rings. The third-order valence-electron chi connectivity index (χ3n) is 3.03. The number of thioether (sulfide) groups is 1. The Morgan fingerprint density at radius 2 is 2.14 bits per heavy atom. The van der Waals surface area contributed by atoms with E-state index >= 15 is 0 Å². The Hall–Kier alpha value is -2.08. The molecule has 5 nitrogen and oxygen atoms in total. The van der Waals surface area contributed by atoms with Crippen LogP contribution in [0.5, 0.6) is 0 Å². The van der Waals surface area contributed by atoms with Gasteiger partial charge in [-0.15, -0.1) is 11.7 Å². The maximum atomic E-state index is 12.4. The van der Waals surface area contributed by atoms with E-state index in [1.807, 2.05) is 44.2 Å². The topological polar surface area (TPSA) is 61.9 Å². The van der Waals surface area contributed by atoms with Crippen LogP contribution in [0, 0.1) is 0 Å². The summed E-state index contributed by atoms with van der Waals surface area (Å²) < 4.78 is 0. The van der Waals surface area contributed by atoms with Crippen molar-refractivity contribution in [1.29, 1.82) is 0 Å². The van der Waals surface area contributed by atoms with Crippen molar-refractivity contribution in [1.82, 2.24) is 15.2 Å². The molecule has 22 heavy (non-hydrogen) atoms. The summed E-state index contributed by atoms with van der Waals surface area (Å²) >= 11 is 1.34. The molecule has 1 aromatic heterocycles. The zero-order chi connectivity index (χ0) is 15.9. The van der Waals surface area contributed by atoms with E-state index in [9.17, 15) is 4.79 Å². The zero-order valence-electron chi connectivity index (χ0n) is 12.8. The van der Waals surface area contributed by atoms with Crippen LogP contribution < -0.4 is 4.90 Å². The molecule has 0 saturated carbocycles. The summed E-state index contributed by atoms with van der Waals surface area (Å²) in [5.41, 5.74) is 0.867. The third kappa shape index (κ3) is 4.21. The van der Waals surface area contributed by atoms with Gasteiger partial charge >= 0.3 is 0 Å². The van der Waals surface area contributed by atoms with Crippen LogP contribution in [-0.4, -0.2) is 33.4 Å². The number of nitrogens with zero attached hydrogens (tertiary/aromatic N) is 3. The normalized spacial score (nSPS) is 10.7. The number of aromatic nitrogens is 3. The molecule has 2 rings (SSSR count). The largest absolute Gasteiger partial charge is 0.308 e. The number of nitrogens with one attached hydrogen (secondary N) is 1. The third-order valence-corrected chi connectivity index (χ3v) is 3.87. The van der Waals surface area contributed by atoms with Gasteiger partial charge in [0, 0.05) is 18.2 Å². The average molecular weight is 316 g/mol. The Morgan fingerprint density at radius 3 is 2.73 bits per heavy atom. The van der Waals surface area contributed by atoms with Crippen LogP contribution in [0.1, 0.15) is 25.6 Å². The molecule has 0 saturated heterocycles. The number of rotatable bonds is 7. The van der Waals surface area contributed by atoms with E-state index in [2.05, 4.69) is 21.8 Å². The second-order valence-electron chi connectivity index (χ2n) is 5.08. The number of hydrogen-bond acceptors (Lipinski definition) is 4. The van der Waals surface area contributed by atoms with Gasteiger partial charge in [-0.3, -0.25) is 9.89 Å². The van der Waals surface area contributed by atoms with Crippen molar-refractivity contribution in [2.75, 3.05) is 17.2 Å². The standard InChI is InChI=1S/C16H20N4OS/c1-4-10-20(13-8-6-5-7-9-13)14(21)11-22-16-17-15(12(2)3)18-19-16/h4-9,12H,1,10-11H2,2-3H3,(H,17,18,19). The second-order valence-corrected chi connectivity index (χ2v) is 6.02. The van der Waals surface area contributed by atoms with Gasteiger partial charge in [-0.1, -0.05) is 49.9 Å². The van der Waals surface area contributed by atoms with Gasteiger partial charge < -0.3 is 4.90 Å². The Labute approximate surface area is 134 Å². The Bertz CT molecular complexity index is 624. The number of carbonyl (C=O) groups is 1. The second kappa shape index (κ2) is 7.79. The molecule has 0 spiro atoms. The first-order valence-electron chi connectivity index (χ1n) is 7.13. The van der Waals surface area contributed by atoms with E-state index in [1.165, 1.54) is 11.8 Å². The number of amides is 1. The van der Waals surface area contributed by atoms with Gasteiger partial charge in [0.2, 0.25) is 11.1 Å². The van der Waals surface area contributed by atoms with E-state index in [0.717, 1.165) is 11.5 Å². The van der Waals surface area contributed by atoms with E-state index < -0.39 is 0 Å². The van der Waals surface area contributed by atoms with E-state index in [0.29, 0.717) is 17.6 Å². The monoisotopic (exact) mass is 316 g/mol. The lowest BCUT2D eigenvalue weighted by atomic mass is 10.2. The first kappa shape index (κ1) is 16.3. The molecule has 1 aromatic carbocycles. The van der Waals surface area contributed by atoms with Crippen molar-refractivity contribution in [3.05, 3.63) is 48.8 Å². The summed E-state index contributed by atoms with van der Waals surface area (Å²) in [5.74, 6) is 1.42. The molecular weight excluding hydrogens is 296 g/mol. The van der Waals surface area contributed by atoms with Crippen molar-refractivity contribution < 1.29 is 4.79 Å².